The SMILES string of the molecule is COc1ccc(C)cc1NC(N)=NC1CC1. The molecule has 3 N–H and O–H groups in total. The zero-order valence-corrected chi connectivity index (χ0v) is 9.66. The number of hydrogen-bond donors (Lipinski definition) is 2. The van der Waals surface area contributed by atoms with Crippen LogP contribution < -0.4 is 15.8 Å². The predicted octanol–water partition coefficient (Wildman–Crippen LogP) is 1.89. The van der Waals surface area contributed by atoms with Crippen molar-refractivity contribution in [3.63, 3.8) is 0 Å². The summed E-state index contributed by atoms with van der Waals surface area (Å²) in [7, 11) is 1.64. The number of hydrogen-bond acceptors (Lipinski definition) is 2. The number of benzene rings is 1. The smallest absolute Gasteiger partial charge is 0.193 e. The molecular weight excluding hydrogens is 202 g/mol. The molecule has 0 saturated heterocycles. The lowest BCUT2D eigenvalue weighted by Gasteiger charge is -2.11. The van der Waals surface area contributed by atoms with Gasteiger partial charge in [-0.15, -0.1) is 0 Å². The van der Waals surface area contributed by atoms with E-state index in [1.165, 1.54) is 0 Å². The highest BCUT2D eigenvalue weighted by Crippen LogP contribution is 2.26. The second-order valence-corrected chi connectivity index (χ2v) is 4.07. The summed E-state index contributed by atoms with van der Waals surface area (Å²) >= 11 is 0. The molecule has 0 aliphatic heterocycles. The first-order valence-electron chi connectivity index (χ1n) is 5.44. The van der Waals surface area contributed by atoms with Gasteiger partial charge in [0.05, 0.1) is 18.8 Å². The van der Waals surface area contributed by atoms with Crippen LogP contribution in [0.25, 0.3) is 0 Å². The number of nitrogens with two attached hydrogens (primary N) is 1. The minimum Gasteiger partial charge on any atom is -0.495 e. The third kappa shape index (κ3) is 2.66. The molecule has 0 aromatic heterocycles. The van der Waals surface area contributed by atoms with Crippen LogP contribution in [0.1, 0.15) is 18.4 Å². The molecule has 0 bridgehead atoms. The van der Waals surface area contributed by atoms with Gasteiger partial charge < -0.3 is 15.8 Å². The number of nitrogens with zero attached hydrogens (tertiary/aromatic N) is 1. The molecule has 0 radical (unpaired) electrons. The van der Waals surface area contributed by atoms with E-state index in [0.717, 1.165) is 29.8 Å². The first-order chi connectivity index (χ1) is 7.69. The van der Waals surface area contributed by atoms with Gasteiger partial charge in [-0.3, -0.25) is 0 Å². The van der Waals surface area contributed by atoms with Crippen molar-refractivity contribution in [2.75, 3.05) is 12.4 Å². The lowest BCUT2D eigenvalue weighted by atomic mass is 10.2. The highest BCUT2D eigenvalue weighted by molar-refractivity contribution is 5.94. The molecule has 0 spiro atoms. The number of aryl methyl sites for hydroxylation is 1. The number of methoxy groups -OCH3 is 1. The number of anilines is 1. The van der Waals surface area contributed by atoms with Crippen LogP contribution in [0.2, 0.25) is 0 Å². The molecule has 1 aromatic rings. The minimum atomic E-state index is 0.420. The Balaban J connectivity index is 2.15. The number of aliphatic imine (C=N–C) groups is 1. The summed E-state index contributed by atoms with van der Waals surface area (Å²) in [5, 5.41) is 3.08. The molecule has 0 unspecified atom stereocenters. The van der Waals surface area contributed by atoms with Crippen LogP contribution in [-0.2, 0) is 0 Å². The van der Waals surface area contributed by atoms with Crippen molar-refractivity contribution in [3.8, 4) is 5.75 Å². The standard InChI is InChI=1S/C12H17N3O/c1-8-3-6-11(16-2)10(7-8)15-12(13)14-9-4-5-9/h3,6-7,9H,4-5H2,1-2H3,(H3,13,14,15). The largest absolute Gasteiger partial charge is 0.495 e. The van der Waals surface area contributed by atoms with Crippen LogP contribution in [0, 0.1) is 6.92 Å². The number of ether oxygens (including phenoxy) is 1. The summed E-state index contributed by atoms with van der Waals surface area (Å²) in [4.78, 5) is 4.32. The molecule has 1 aromatic carbocycles. The van der Waals surface area contributed by atoms with Gasteiger partial charge in [-0.25, -0.2) is 4.99 Å². The Kier molecular flexibility index (Phi) is 2.99. The van der Waals surface area contributed by atoms with E-state index < -0.39 is 0 Å². The first kappa shape index (κ1) is 10.8. The van der Waals surface area contributed by atoms with Crippen LogP contribution in [0.5, 0.6) is 5.75 Å². The van der Waals surface area contributed by atoms with Crippen molar-refractivity contribution in [2.24, 2.45) is 10.7 Å². The number of nitrogens with one attached hydrogen (secondary N) is 1. The van der Waals surface area contributed by atoms with E-state index in [1.54, 1.807) is 7.11 Å². The molecule has 86 valence electrons. The molecule has 2 rings (SSSR count). The topological polar surface area (TPSA) is 59.6 Å². The van der Waals surface area contributed by atoms with E-state index >= 15 is 0 Å². The summed E-state index contributed by atoms with van der Waals surface area (Å²) < 4.78 is 5.25. The van der Waals surface area contributed by atoms with Gasteiger partial charge in [0.25, 0.3) is 0 Å². The summed E-state index contributed by atoms with van der Waals surface area (Å²) in [6.45, 7) is 2.03. The maximum atomic E-state index is 5.80. The summed E-state index contributed by atoms with van der Waals surface area (Å²) in [5.74, 6) is 1.24. The number of guanidine groups is 1. The van der Waals surface area contributed by atoms with Crippen LogP contribution >= 0.6 is 0 Å². The van der Waals surface area contributed by atoms with Gasteiger partial charge in [0, 0.05) is 0 Å². The van der Waals surface area contributed by atoms with Gasteiger partial charge in [-0.2, -0.15) is 0 Å². The van der Waals surface area contributed by atoms with Crippen molar-refractivity contribution in [3.05, 3.63) is 23.8 Å². The molecule has 0 heterocycles. The van der Waals surface area contributed by atoms with E-state index in [-0.39, 0.29) is 0 Å². The Morgan fingerprint density at radius 2 is 2.25 bits per heavy atom. The van der Waals surface area contributed by atoms with Crippen LogP contribution in [0.3, 0.4) is 0 Å². The van der Waals surface area contributed by atoms with Gasteiger partial charge in [-0.1, -0.05) is 6.07 Å². The van der Waals surface area contributed by atoms with Gasteiger partial charge >= 0.3 is 0 Å². The van der Waals surface area contributed by atoms with E-state index in [9.17, 15) is 0 Å². The van der Waals surface area contributed by atoms with Crippen LogP contribution in [0.15, 0.2) is 23.2 Å². The third-order valence-electron chi connectivity index (χ3n) is 2.49. The van der Waals surface area contributed by atoms with Crippen LogP contribution in [0.4, 0.5) is 5.69 Å². The van der Waals surface area contributed by atoms with Crippen molar-refractivity contribution < 1.29 is 4.74 Å². The molecule has 1 fully saturated rings. The van der Waals surface area contributed by atoms with E-state index in [0.29, 0.717) is 12.0 Å². The molecule has 0 amide bonds. The van der Waals surface area contributed by atoms with Gasteiger partial charge in [0.15, 0.2) is 5.96 Å². The highest BCUT2D eigenvalue weighted by atomic mass is 16.5. The summed E-state index contributed by atoms with van der Waals surface area (Å²) in [5.41, 5.74) is 7.82. The second kappa shape index (κ2) is 4.43. The normalized spacial score (nSPS) is 16.0. The average molecular weight is 219 g/mol. The maximum Gasteiger partial charge on any atom is 0.193 e. The maximum absolute atomic E-state index is 5.80. The van der Waals surface area contributed by atoms with Crippen molar-refractivity contribution in [2.45, 2.75) is 25.8 Å². The van der Waals surface area contributed by atoms with Crippen LogP contribution in [-0.4, -0.2) is 19.1 Å². The lowest BCUT2D eigenvalue weighted by Crippen LogP contribution is -2.23. The Labute approximate surface area is 95.5 Å². The Morgan fingerprint density at radius 3 is 2.88 bits per heavy atom. The lowest BCUT2D eigenvalue weighted by molar-refractivity contribution is 0.417. The molecule has 4 nitrogen and oxygen atoms in total. The summed E-state index contributed by atoms with van der Waals surface area (Å²) in [6, 6.07) is 6.33. The fourth-order valence-electron chi connectivity index (χ4n) is 1.49. The third-order valence-corrected chi connectivity index (χ3v) is 2.49. The molecule has 1 aliphatic rings. The van der Waals surface area contributed by atoms with E-state index in [1.807, 2.05) is 25.1 Å². The average Bonchev–Trinajstić information content (AvgIpc) is 3.02. The molecule has 16 heavy (non-hydrogen) atoms. The zero-order valence-electron chi connectivity index (χ0n) is 9.66. The Morgan fingerprint density at radius 1 is 1.50 bits per heavy atom. The molecule has 0 atom stereocenters. The Bertz CT molecular complexity index is 411. The zero-order chi connectivity index (χ0) is 11.5. The Hall–Kier alpha value is -1.71. The molecule has 1 saturated carbocycles. The van der Waals surface area contributed by atoms with E-state index in [4.69, 9.17) is 10.5 Å². The minimum absolute atomic E-state index is 0.420. The van der Waals surface area contributed by atoms with Gasteiger partial charge in [-0.05, 0) is 37.5 Å². The van der Waals surface area contributed by atoms with Crippen molar-refractivity contribution in [1.82, 2.24) is 0 Å². The van der Waals surface area contributed by atoms with Crippen molar-refractivity contribution in [1.29, 1.82) is 0 Å². The molecule has 4 heteroatoms. The number of rotatable bonds is 3. The molecule has 1 aliphatic carbocycles. The van der Waals surface area contributed by atoms with Gasteiger partial charge in [0.1, 0.15) is 5.75 Å². The first-order valence-corrected chi connectivity index (χ1v) is 5.44. The second-order valence-electron chi connectivity index (χ2n) is 4.07. The van der Waals surface area contributed by atoms with Crippen molar-refractivity contribution >= 4 is 11.6 Å². The monoisotopic (exact) mass is 219 g/mol. The van der Waals surface area contributed by atoms with Gasteiger partial charge in [0.2, 0.25) is 0 Å². The quantitative estimate of drug-likeness (QED) is 0.603. The fraction of sp³-hybridized carbons (Fsp3) is 0.417. The highest BCUT2D eigenvalue weighted by Gasteiger charge is 2.20. The molecular formula is C12H17N3O. The van der Waals surface area contributed by atoms with E-state index in [2.05, 4.69) is 10.3 Å². The predicted molar refractivity (Wildman–Crippen MR) is 66.0 cm³/mol. The fourth-order valence-corrected chi connectivity index (χ4v) is 1.49. The summed E-state index contributed by atoms with van der Waals surface area (Å²) in [6.07, 6.45) is 2.29.